The molecule has 2 aromatic carbocycles. The Balaban J connectivity index is 1.53. The van der Waals surface area contributed by atoms with Crippen molar-refractivity contribution in [2.45, 2.75) is 48.3 Å². The van der Waals surface area contributed by atoms with E-state index in [0.29, 0.717) is 16.5 Å². The molecule has 0 radical (unpaired) electrons. The summed E-state index contributed by atoms with van der Waals surface area (Å²) in [6.45, 7) is 0. The molecule has 30 heavy (non-hydrogen) atoms. The van der Waals surface area contributed by atoms with Crippen LogP contribution in [-0.4, -0.2) is 37.3 Å². The number of hydroxylamine groups is 1. The molecule has 160 valence electrons. The molecule has 10 heteroatoms. The van der Waals surface area contributed by atoms with Crippen LogP contribution in [-0.2, 0) is 19.6 Å². The lowest BCUT2D eigenvalue weighted by atomic mass is 9.87. The number of carbonyl (C=O) groups is 1. The molecule has 3 N–H and O–H groups in total. The van der Waals surface area contributed by atoms with Crippen molar-refractivity contribution in [1.29, 1.82) is 0 Å². The first-order chi connectivity index (χ1) is 14.3. The number of halogens is 1. The number of sulfonamides is 1. The third kappa shape index (κ3) is 4.30. The van der Waals surface area contributed by atoms with Crippen LogP contribution in [0.25, 0.3) is 0 Å². The molecule has 2 aliphatic rings. The zero-order valence-corrected chi connectivity index (χ0v) is 17.4. The van der Waals surface area contributed by atoms with Gasteiger partial charge in [0.1, 0.15) is 17.0 Å². The first-order valence-corrected chi connectivity index (χ1v) is 11.3. The maximum Gasteiger partial charge on any atom is 0.264 e. The molecule has 2 aromatic rings. The van der Waals surface area contributed by atoms with Crippen LogP contribution in [0, 0.1) is 0 Å². The second kappa shape index (κ2) is 8.16. The highest BCUT2D eigenvalue weighted by Gasteiger charge is 2.51. The second-order valence-corrected chi connectivity index (χ2v) is 9.64. The largest absolute Gasteiger partial charge is 0.457 e. The molecule has 0 saturated carbocycles. The summed E-state index contributed by atoms with van der Waals surface area (Å²) in [6.07, 6.45) is 1.38. The van der Waals surface area contributed by atoms with E-state index in [2.05, 4.69) is 4.72 Å². The Labute approximate surface area is 179 Å². The molecular formula is C20H21ClN2O6S. The van der Waals surface area contributed by atoms with E-state index in [1.807, 2.05) is 0 Å². The highest BCUT2D eigenvalue weighted by molar-refractivity contribution is 7.89. The lowest BCUT2D eigenvalue weighted by Crippen LogP contribution is -2.62. The summed E-state index contributed by atoms with van der Waals surface area (Å²) in [7, 11) is -4.04. The van der Waals surface area contributed by atoms with E-state index >= 15 is 0 Å². The summed E-state index contributed by atoms with van der Waals surface area (Å²) in [6, 6.07) is 12.6. The predicted octanol–water partition coefficient (Wildman–Crippen LogP) is 3.00. The Kier molecular flexibility index (Phi) is 5.73. The van der Waals surface area contributed by atoms with Gasteiger partial charge in [0.2, 0.25) is 10.0 Å². The van der Waals surface area contributed by atoms with Crippen LogP contribution in [0.3, 0.4) is 0 Å². The van der Waals surface area contributed by atoms with E-state index in [9.17, 15) is 18.4 Å². The first kappa shape index (κ1) is 21.1. The van der Waals surface area contributed by atoms with Crippen LogP contribution in [0.2, 0.25) is 5.02 Å². The molecule has 4 rings (SSSR count). The summed E-state index contributed by atoms with van der Waals surface area (Å²) in [5.41, 5.74) is 0.146. The van der Waals surface area contributed by atoms with Crippen molar-refractivity contribution in [1.82, 2.24) is 10.2 Å². The summed E-state index contributed by atoms with van der Waals surface area (Å²) >= 11 is 5.85. The van der Waals surface area contributed by atoms with Crippen molar-refractivity contribution in [2.24, 2.45) is 0 Å². The summed E-state index contributed by atoms with van der Waals surface area (Å²) < 4.78 is 39.9. The molecule has 2 fully saturated rings. The van der Waals surface area contributed by atoms with Gasteiger partial charge in [-0.05, 0) is 61.4 Å². The second-order valence-electron chi connectivity index (χ2n) is 7.52. The van der Waals surface area contributed by atoms with Crippen LogP contribution >= 0.6 is 11.6 Å². The van der Waals surface area contributed by atoms with E-state index in [1.165, 1.54) is 24.3 Å². The van der Waals surface area contributed by atoms with Gasteiger partial charge in [-0.2, -0.15) is 4.72 Å². The standard InChI is InChI=1S/C20H21ClN2O6S/c21-13-1-3-14(4-2-13)28-15-7-9-18(10-8-15)30(26,27)23-20(19(24)22-25)11-16-5-6-17(12-20)29-16/h1-4,7-10,16-17,23,25H,5-6,11-12H2,(H,22,24). The maximum absolute atomic E-state index is 13.0. The number of fused-ring (bicyclic) bond motifs is 2. The van der Waals surface area contributed by atoms with Crippen LogP contribution in [0.15, 0.2) is 53.4 Å². The number of rotatable bonds is 6. The number of hydrogen-bond acceptors (Lipinski definition) is 6. The minimum absolute atomic E-state index is 0.0186. The van der Waals surface area contributed by atoms with Crippen LogP contribution in [0.1, 0.15) is 25.7 Å². The number of carbonyl (C=O) groups excluding carboxylic acids is 1. The molecule has 0 spiro atoms. The van der Waals surface area contributed by atoms with Gasteiger partial charge in [0.15, 0.2) is 0 Å². The summed E-state index contributed by atoms with van der Waals surface area (Å²) in [5, 5.41) is 9.79. The third-order valence-corrected chi connectivity index (χ3v) is 7.20. The number of ether oxygens (including phenoxy) is 2. The third-order valence-electron chi connectivity index (χ3n) is 5.40. The fraction of sp³-hybridized carbons (Fsp3) is 0.350. The zero-order valence-electron chi connectivity index (χ0n) is 15.9. The highest BCUT2D eigenvalue weighted by Crippen LogP contribution is 2.39. The molecule has 8 nitrogen and oxygen atoms in total. The van der Waals surface area contributed by atoms with Crippen molar-refractivity contribution < 1.29 is 27.9 Å². The Bertz CT molecular complexity index is 1010. The first-order valence-electron chi connectivity index (χ1n) is 9.47. The SMILES string of the molecule is O=C(NO)C1(NS(=O)(=O)c2ccc(Oc3ccc(Cl)cc3)cc2)CC2CCC(C1)O2. The summed E-state index contributed by atoms with van der Waals surface area (Å²) in [5.74, 6) is 0.224. The van der Waals surface area contributed by atoms with Crippen LogP contribution in [0.5, 0.6) is 11.5 Å². The predicted molar refractivity (Wildman–Crippen MR) is 108 cm³/mol. The maximum atomic E-state index is 13.0. The normalized spacial score (nSPS) is 25.7. The van der Waals surface area contributed by atoms with Gasteiger partial charge in [-0.1, -0.05) is 11.6 Å². The molecule has 2 saturated heterocycles. The molecule has 2 bridgehead atoms. The Morgan fingerprint density at radius 2 is 1.57 bits per heavy atom. The van der Waals surface area contributed by atoms with Crippen LogP contribution < -0.4 is 14.9 Å². The average Bonchev–Trinajstić information content (AvgIpc) is 3.07. The van der Waals surface area contributed by atoms with E-state index in [0.717, 1.165) is 12.8 Å². The summed E-state index contributed by atoms with van der Waals surface area (Å²) in [4.78, 5) is 12.4. The molecule has 2 atom stereocenters. The number of benzene rings is 2. The van der Waals surface area contributed by atoms with E-state index < -0.39 is 21.5 Å². The Hall–Kier alpha value is -2.17. The van der Waals surface area contributed by atoms with E-state index in [-0.39, 0.29) is 29.9 Å². The molecule has 2 heterocycles. The van der Waals surface area contributed by atoms with Gasteiger partial charge in [-0.15, -0.1) is 0 Å². The Morgan fingerprint density at radius 3 is 2.10 bits per heavy atom. The quantitative estimate of drug-likeness (QED) is 0.458. The molecule has 2 unspecified atom stereocenters. The fourth-order valence-corrected chi connectivity index (χ4v) is 5.52. The monoisotopic (exact) mass is 452 g/mol. The van der Waals surface area contributed by atoms with Crippen LogP contribution in [0.4, 0.5) is 0 Å². The molecule has 1 amide bonds. The van der Waals surface area contributed by atoms with Crippen molar-refractivity contribution in [2.75, 3.05) is 0 Å². The van der Waals surface area contributed by atoms with E-state index in [4.69, 9.17) is 21.1 Å². The minimum atomic E-state index is -4.04. The zero-order chi connectivity index (χ0) is 21.4. The molecule has 2 aliphatic heterocycles. The van der Waals surface area contributed by atoms with Gasteiger partial charge in [-0.25, -0.2) is 13.9 Å². The fourth-order valence-electron chi connectivity index (χ4n) is 4.00. The lowest BCUT2D eigenvalue weighted by molar-refractivity contribution is -0.142. The smallest absolute Gasteiger partial charge is 0.264 e. The van der Waals surface area contributed by atoms with Crippen molar-refractivity contribution in [3.63, 3.8) is 0 Å². The number of amides is 1. The minimum Gasteiger partial charge on any atom is -0.457 e. The number of nitrogens with one attached hydrogen (secondary N) is 2. The molecular weight excluding hydrogens is 432 g/mol. The Morgan fingerprint density at radius 1 is 1.03 bits per heavy atom. The van der Waals surface area contributed by atoms with Gasteiger partial charge < -0.3 is 9.47 Å². The van der Waals surface area contributed by atoms with Crippen molar-refractivity contribution in [3.8, 4) is 11.5 Å². The van der Waals surface area contributed by atoms with Crippen molar-refractivity contribution >= 4 is 27.5 Å². The van der Waals surface area contributed by atoms with Gasteiger partial charge in [0.25, 0.3) is 5.91 Å². The van der Waals surface area contributed by atoms with Gasteiger partial charge in [-0.3, -0.25) is 10.0 Å². The van der Waals surface area contributed by atoms with Gasteiger partial charge in [0.05, 0.1) is 17.1 Å². The highest BCUT2D eigenvalue weighted by atomic mass is 35.5. The topological polar surface area (TPSA) is 114 Å². The average molecular weight is 453 g/mol. The lowest BCUT2D eigenvalue weighted by Gasteiger charge is -2.38. The molecule has 0 aliphatic carbocycles. The molecule has 0 aromatic heterocycles. The van der Waals surface area contributed by atoms with Crippen molar-refractivity contribution in [3.05, 3.63) is 53.6 Å². The van der Waals surface area contributed by atoms with Gasteiger partial charge >= 0.3 is 0 Å². The van der Waals surface area contributed by atoms with Gasteiger partial charge in [0, 0.05) is 17.9 Å². The van der Waals surface area contributed by atoms with E-state index in [1.54, 1.807) is 29.7 Å². The number of hydrogen-bond donors (Lipinski definition) is 3.